The van der Waals surface area contributed by atoms with E-state index in [4.69, 9.17) is 4.84 Å². The van der Waals surface area contributed by atoms with Gasteiger partial charge in [-0.1, -0.05) is 18.2 Å². The average Bonchev–Trinajstić information content (AvgIpc) is 2.47. The topological polar surface area (TPSA) is 79.0 Å². The molecule has 1 rings (SSSR count). The molecule has 0 unspecified atom stereocenters. The molecule has 0 heterocycles. The van der Waals surface area contributed by atoms with Gasteiger partial charge in [0.2, 0.25) is 6.29 Å². The molecule has 0 saturated carbocycles. The number of hydroxylamine groups is 2. The fourth-order valence-corrected chi connectivity index (χ4v) is 1.54. The van der Waals surface area contributed by atoms with E-state index >= 15 is 0 Å². The van der Waals surface area contributed by atoms with E-state index in [-0.39, 0.29) is 13.1 Å². The second kappa shape index (κ2) is 7.90. The maximum atomic E-state index is 12.3. The summed E-state index contributed by atoms with van der Waals surface area (Å²) in [4.78, 5) is 40.3. The number of nitrogens with one attached hydrogen (secondary N) is 1. The first-order chi connectivity index (χ1) is 9.65. The van der Waals surface area contributed by atoms with Crippen molar-refractivity contribution in [1.29, 1.82) is 0 Å². The van der Waals surface area contributed by atoms with Gasteiger partial charge >= 0.3 is 12.1 Å². The molecule has 20 heavy (non-hydrogen) atoms. The molecule has 0 spiro atoms. The molecule has 1 aromatic carbocycles. The Bertz CT molecular complexity index is 460. The van der Waals surface area contributed by atoms with E-state index in [1.807, 2.05) is 0 Å². The molecule has 0 aromatic heterocycles. The van der Waals surface area contributed by atoms with Gasteiger partial charge in [-0.05, 0) is 19.1 Å². The van der Waals surface area contributed by atoms with Crippen LogP contribution >= 0.6 is 0 Å². The highest BCUT2D eigenvalue weighted by Crippen LogP contribution is 2.15. The molecule has 0 saturated heterocycles. The molecular weight excluding hydrogens is 262 g/mol. The average molecular weight is 278 g/mol. The van der Waals surface area contributed by atoms with Crippen LogP contribution in [0, 0.1) is 0 Å². The molecule has 0 bridgehead atoms. The van der Waals surface area contributed by atoms with E-state index in [9.17, 15) is 14.4 Å². The quantitative estimate of drug-likeness (QED) is 0.824. The van der Waals surface area contributed by atoms with Gasteiger partial charge in [-0.2, -0.15) is 0 Å². The standard InChI is InChI=1S/C13H16N3O4/c1-3-15(20-2)13(19)16(12(18)14-9-10-17)11-7-5-4-6-8-11/h4-8H,3,9H2,1-2H3,(H,14,18). The Hall–Kier alpha value is -2.41. The number of carbonyl (C=O) groups excluding carboxylic acids is 3. The number of urea groups is 2. The molecule has 0 aliphatic heterocycles. The van der Waals surface area contributed by atoms with Gasteiger partial charge in [-0.25, -0.2) is 19.6 Å². The summed E-state index contributed by atoms with van der Waals surface area (Å²) < 4.78 is 0. The number of carbonyl (C=O) groups is 2. The zero-order valence-electron chi connectivity index (χ0n) is 11.3. The molecule has 0 fully saturated rings. The lowest BCUT2D eigenvalue weighted by molar-refractivity contribution is -0.0792. The molecule has 4 amide bonds. The first kappa shape index (κ1) is 15.6. The molecular formula is C13H16N3O4. The van der Waals surface area contributed by atoms with E-state index in [1.54, 1.807) is 37.3 Å². The van der Waals surface area contributed by atoms with Gasteiger partial charge in [-0.3, -0.25) is 9.63 Å². The van der Waals surface area contributed by atoms with Gasteiger partial charge in [0, 0.05) is 6.54 Å². The second-order valence-electron chi connectivity index (χ2n) is 3.63. The van der Waals surface area contributed by atoms with Crippen molar-refractivity contribution in [2.75, 3.05) is 25.1 Å². The summed E-state index contributed by atoms with van der Waals surface area (Å²) in [5, 5.41) is 3.30. The van der Waals surface area contributed by atoms with Crippen LogP contribution in [0.3, 0.4) is 0 Å². The van der Waals surface area contributed by atoms with E-state index in [1.165, 1.54) is 13.4 Å². The normalized spacial score (nSPS) is 9.70. The maximum absolute atomic E-state index is 12.3. The van der Waals surface area contributed by atoms with Gasteiger partial charge in [0.25, 0.3) is 0 Å². The summed E-state index contributed by atoms with van der Waals surface area (Å²) >= 11 is 0. The fraction of sp³-hybridized carbons (Fsp3) is 0.308. The fourth-order valence-electron chi connectivity index (χ4n) is 1.54. The molecule has 1 aromatic rings. The van der Waals surface area contributed by atoms with Crippen LogP contribution in [0.25, 0.3) is 0 Å². The Morgan fingerprint density at radius 3 is 2.45 bits per heavy atom. The van der Waals surface area contributed by atoms with Crippen molar-refractivity contribution in [2.24, 2.45) is 0 Å². The number of rotatable bonds is 5. The predicted octanol–water partition coefficient (Wildman–Crippen LogP) is 1.32. The van der Waals surface area contributed by atoms with Crippen molar-refractivity contribution in [1.82, 2.24) is 10.4 Å². The van der Waals surface area contributed by atoms with E-state index in [0.29, 0.717) is 5.69 Å². The number of benzene rings is 1. The van der Waals surface area contributed by atoms with Crippen LogP contribution < -0.4 is 10.2 Å². The third-order valence-corrected chi connectivity index (χ3v) is 2.44. The SMILES string of the molecule is CCN(OC)C(=O)N(C(=O)NC[C]=O)c1ccccc1. The minimum atomic E-state index is -0.722. The number of imide groups is 1. The number of anilines is 1. The summed E-state index contributed by atoms with van der Waals surface area (Å²) in [5.41, 5.74) is 0.372. The smallest absolute Gasteiger partial charge is 0.330 e. The predicted molar refractivity (Wildman–Crippen MR) is 72.8 cm³/mol. The van der Waals surface area contributed by atoms with Gasteiger partial charge in [-0.15, -0.1) is 0 Å². The third kappa shape index (κ3) is 3.79. The Kier molecular flexibility index (Phi) is 6.18. The summed E-state index contributed by atoms with van der Waals surface area (Å²) in [5.74, 6) is 0. The van der Waals surface area contributed by atoms with Crippen molar-refractivity contribution >= 4 is 24.0 Å². The molecule has 0 aliphatic rings. The first-order valence-electron chi connectivity index (χ1n) is 5.99. The Morgan fingerprint density at radius 1 is 1.30 bits per heavy atom. The van der Waals surface area contributed by atoms with Crippen LogP contribution in [0.5, 0.6) is 0 Å². The van der Waals surface area contributed by atoms with Crippen LogP contribution in [0.1, 0.15) is 6.92 Å². The Morgan fingerprint density at radius 2 is 1.95 bits per heavy atom. The number of hydrogen-bond donors (Lipinski definition) is 1. The van der Waals surface area contributed by atoms with Gasteiger partial charge in [0.1, 0.15) is 0 Å². The first-order valence-corrected chi connectivity index (χ1v) is 5.99. The maximum Gasteiger partial charge on any atom is 0.356 e. The molecule has 7 heteroatoms. The molecule has 1 radical (unpaired) electrons. The van der Waals surface area contributed by atoms with Crippen LogP contribution in [0.4, 0.5) is 15.3 Å². The summed E-state index contributed by atoms with van der Waals surface area (Å²) in [7, 11) is 1.33. The zero-order valence-corrected chi connectivity index (χ0v) is 11.3. The van der Waals surface area contributed by atoms with Crippen LogP contribution in [0.15, 0.2) is 30.3 Å². The minimum Gasteiger partial charge on any atom is -0.330 e. The molecule has 1 N–H and O–H groups in total. The molecule has 0 atom stereocenters. The number of para-hydroxylation sites is 1. The van der Waals surface area contributed by atoms with E-state index in [0.717, 1.165) is 9.96 Å². The summed E-state index contributed by atoms with van der Waals surface area (Å²) in [6.45, 7) is 1.68. The van der Waals surface area contributed by atoms with Gasteiger partial charge < -0.3 is 5.32 Å². The lowest BCUT2D eigenvalue weighted by atomic mass is 10.3. The van der Waals surface area contributed by atoms with Gasteiger partial charge in [0.15, 0.2) is 0 Å². The number of amides is 4. The number of nitrogens with zero attached hydrogens (tertiary/aromatic N) is 2. The van der Waals surface area contributed by atoms with Crippen molar-refractivity contribution in [3.05, 3.63) is 30.3 Å². The minimum absolute atomic E-state index is 0.270. The highest BCUT2D eigenvalue weighted by molar-refractivity contribution is 6.13. The van der Waals surface area contributed by atoms with Crippen molar-refractivity contribution in [3.63, 3.8) is 0 Å². The largest absolute Gasteiger partial charge is 0.356 e. The third-order valence-electron chi connectivity index (χ3n) is 2.44. The van der Waals surface area contributed by atoms with Crippen molar-refractivity contribution in [3.8, 4) is 0 Å². The summed E-state index contributed by atoms with van der Waals surface area (Å²) in [6.07, 6.45) is 1.54. The van der Waals surface area contributed by atoms with Crippen LogP contribution in [0.2, 0.25) is 0 Å². The Balaban J connectivity index is 3.04. The van der Waals surface area contributed by atoms with E-state index < -0.39 is 12.1 Å². The Labute approximate surface area is 117 Å². The van der Waals surface area contributed by atoms with Gasteiger partial charge in [0.05, 0.1) is 19.3 Å². The molecule has 7 nitrogen and oxygen atoms in total. The zero-order chi connectivity index (χ0) is 15.0. The van der Waals surface area contributed by atoms with Crippen LogP contribution in [-0.2, 0) is 9.63 Å². The van der Waals surface area contributed by atoms with Crippen molar-refractivity contribution in [2.45, 2.75) is 6.92 Å². The monoisotopic (exact) mass is 278 g/mol. The molecule has 0 aliphatic carbocycles. The summed E-state index contributed by atoms with van der Waals surface area (Å²) in [6, 6.07) is 6.98. The highest BCUT2D eigenvalue weighted by atomic mass is 16.7. The second-order valence-corrected chi connectivity index (χ2v) is 3.63. The van der Waals surface area contributed by atoms with Crippen LogP contribution in [-0.4, -0.2) is 43.6 Å². The van der Waals surface area contributed by atoms with Crippen molar-refractivity contribution < 1.29 is 19.2 Å². The lowest BCUT2D eigenvalue weighted by Crippen LogP contribution is -2.50. The highest BCUT2D eigenvalue weighted by Gasteiger charge is 2.27. The number of hydrogen-bond acceptors (Lipinski definition) is 4. The lowest BCUT2D eigenvalue weighted by Gasteiger charge is -2.26. The molecule has 107 valence electrons. The van der Waals surface area contributed by atoms with E-state index in [2.05, 4.69) is 5.32 Å².